The highest BCUT2D eigenvalue weighted by molar-refractivity contribution is 5.07. The summed E-state index contributed by atoms with van der Waals surface area (Å²) in [7, 11) is 0. The lowest BCUT2D eigenvalue weighted by Crippen LogP contribution is -2.43. The zero-order chi connectivity index (χ0) is 10.3. The molecule has 0 aliphatic heterocycles. The third kappa shape index (κ3) is 2.23. The zero-order valence-electron chi connectivity index (χ0n) is 9.35. The van der Waals surface area contributed by atoms with Crippen molar-refractivity contribution in [1.82, 2.24) is 0 Å². The van der Waals surface area contributed by atoms with Gasteiger partial charge in [0.1, 0.15) is 0 Å². The van der Waals surface area contributed by atoms with Gasteiger partial charge in [-0.3, -0.25) is 0 Å². The van der Waals surface area contributed by atoms with E-state index in [1.165, 1.54) is 0 Å². The lowest BCUT2D eigenvalue weighted by atomic mass is 9.74. The van der Waals surface area contributed by atoms with Gasteiger partial charge in [-0.05, 0) is 31.6 Å². The van der Waals surface area contributed by atoms with Crippen LogP contribution in [0.15, 0.2) is 0 Å². The van der Waals surface area contributed by atoms with Crippen LogP contribution in [0.25, 0.3) is 0 Å². The van der Waals surface area contributed by atoms with Crippen molar-refractivity contribution in [2.75, 3.05) is 6.54 Å². The third-order valence-electron chi connectivity index (χ3n) is 3.26. The summed E-state index contributed by atoms with van der Waals surface area (Å²) >= 11 is 0. The van der Waals surface area contributed by atoms with Gasteiger partial charge in [-0.1, -0.05) is 20.8 Å². The molecule has 0 saturated heterocycles. The van der Waals surface area contributed by atoms with E-state index in [1.807, 2.05) is 6.92 Å². The van der Waals surface area contributed by atoms with E-state index < -0.39 is 5.60 Å². The van der Waals surface area contributed by atoms with Crippen LogP contribution in [0.4, 0.5) is 0 Å². The summed E-state index contributed by atoms with van der Waals surface area (Å²) in [5, 5.41) is 10.4. The van der Waals surface area contributed by atoms with Crippen LogP contribution in [-0.4, -0.2) is 17.3 Å². The molecule has 0 aromatic heterocycles. The Morgan fingerprint density at radius 3 is 1.92 bits per heavy atom. The molecule has 1 fully saturated rings. The summed E-state index contributed by atoms with van der Waals surface area (Å²) in [5.41, 5.74) is 5.33. The minimum absolute atomic E-state index is 0.0281. The van der Waals surface area contributed by atoms with Crippen LogP contribution in [0, 0.1) is 10.8 Å². The van der Waals surface area contributed by atoms with Crippen molar-refractivity contribution in [1.29, 1.82) is 0 Å². The van der Waals surface area contributed by atoms with Gasteiger partial charge in [0.25, 0.3) is 0 Å². The molecule has 13 heavy (non-hydrogen) atoms. The molecule has 1 unspecified atom stereocenters. The average Bonchev–Trinajstić information content (AvgIpc) is 2.59. The Morgan fingerprint density at radius 1 is 1.23 bits per heavy atom. The summed E-state index contributed by atoms with van der Waals surface area (Å²) in [6.07, 6.45) is 3.01. The van der Waals surface area contributed by atoms with E-state index in [-0.39, 0.29) is 10.8 Å². The number of aliphatic hydroxyl groups is 1. The molecule has 0 bridgehead atoms. The first-order valence-electron chi connectivity index (χ1n) is 5.15. The molecule has 1 aliphatic carbocycles. The minimum atomic E-state index is -0.583. The summed E-state index contributed by atoms with van der Waals surface area (Å²) in [6.45, 7) is 9.05. The molecule has 0 heterocycles. The molecule has 1 saturated carbocycles. The maximum atomic E-state index is 10.4. The lowest BCUT2D eigenvalue weighted by molar-refractivity contribution is -0.0436. The molecule has 78 valence electrons. The molecule has 0 aromatic rings. The molecular formula is C11H23NO. The van der Waals surface area contributed by atoms with E-state index >= 15 is 0 Å². The van der Waals surface area contributed by atoms with Crippen LogP contribution >= 0.6 is 0 Å². The summed E-state index contributed by atoms with van der Waals surface area (Å²) in [4.78, 5) is 0. The van der Waals surface area contributed by atoms with E-state index in [1.54, 1.807) is 0 Å². The van der Waals surface area contributed by atoms with E-state index in [2.05, 4.69) is 20.8 Å². The SMILES string of the molecule is CC(C)(C)CC(C)(O)C1(CN)CC1. The summed E-state index contributed by atoms with van der Waals surface area (Å²) < 4.78 is 0. The first kappa shape index (κ1) is 11.0. The Kier molecular flexibility index (Phi) is 2.50. The third-order valence-corrected chi connectivity index (χ3v) is 3.26. The number of nitrogens with two attached hydrogens (primary N) is 1. The van der Waals surface area contributed by atoms with Gasteiger partial charge in [0.2, 0.25) is 0 Å². The van der Waals surface area contributed by atoms with Crippen LogP contribution in [0.3, 0.4) is 0 Å². The Hall–Kier alpha value is -0.0800. The van der Waals surface area contributed by atoms with Crippen molar-refractivity contribution < 1.29 is 5.11 Å². The Bertz CT molecular complexity index is 187. The van der Waals surface area contributed by atoms with E-state index in [9.17, 15) is 5.11 Å². The topological polar surface area (TPSA) is 46.2 Å². The van der Waals surface area contributed by atoms with E-state index in [4.69, 9.17) is 5.73 Å². The molecule has 0 aromatic carbocycles. The molecule has 0 spiro atoms. The summed E-state index contributed by atoms with van der Waals surface area (Å²) in [6, 6.07) is 0. The highest BCUT2D eigenvalue weighted by Crippen LogP contribution is 2.56. The largest absolute Gasteiger partial charge is 0.390 e. The molecule has 3 N–H and O–H groups in total. The minimum Gasteiger partial charge on any atom is -0.390 e. The van der Waals surface area contributed by atoms with Gasteiger partial charge in [-0.15, -0.1) is 0 Å². The molecule has 0 amide bonds. The summed E-state index contributed by atoms with van der Waals surface area (Å²) in [5.74, 6) is 0. The fourth-order valence-electron chi connectivity index (χ4n) is 2.33. The second-order valence-corrected chi connectivity index (χ2v) is 6.00. The van der Waals surface area contributed by atoms with Crippen LogP contribution in [0.2, 0.25) is 0 Å². The highest BCUT2D eigenvalue weighted by atomic mass is 16.3. The standard InChI is InChI=1S/C11H23NO/c1-9(2,3)7-10(4,13)11(8-12)5-6-11/h13H,5-8,12H2,1-4H3. The first-order valence-corrected chi connectivity index (χ1v) is 5.15. The number of hydrogen-bond donors (Lipinski definition) is 2. The van der Waals surface area contributed by atoms with Gasteiger partial charge < -0.3 is 10.8 Å². The highest BCUT2D eigenvalue weighted by Gasteiger charge is 2.55. The lowest BCUT2D eigenvalue weighted by Gasteiger charge is -2.37. The Labute approximate surface area is 81.5 Å². The van der Waals surface area contributed by atoms with Crippen LogP contribution in [-0.2, 0) is 0 Å². The van der Waals surface area contributed by atoms with Crippen molar-refractivity contribution in [2.24, 2.45) is 16.6 Å². The van der Waals surface area contributed by atoms with Gasteiger partial charge >= 0.3 is 0 Å². The van der Waals surface area contributed by atoms with Gasteiger partial charge in [-0.2, -0.15) is 0 Å². The average molecular weight is 185 g/mol. The first-order chi connectivity index (χ1) is 5.72. The van der Waals surface area contributed by atoms with Crippen molar-refractivity contribution in [3.05, 3.63) is 0 Å². The molecule has 1 atom stereocenters. The van der Waals surface area contributed by atoms with Crippen LogP contribution in [0.1, 0.15) is 47.0 Å². The fourth-order valence-corrected chi connectivity index (χ4v) is 2.33. The van der Waals surface area contributed by atoms with Crippen molar-refractivity contribution in [3.63, 3.8) is 0 Å². The van der Waals surface area contributed by atoms with Crippen molar-refractivity contribution in [3.8, 4) is 0 Å². The van der Waals surface area contributed by atoms with Gasteiger partial charge in [0, 0.05) is 12.0 Å². The molecule has 1 aliphatic rings. The van der Waals surface area contributed by atoms with E-state index in [0.29, 0.717) is 6.54 Å². The quantitative estimate of drug-likeness (QED) is 0.705. The molecule has 2 heteroatoms. The maximum Gasteiger partial charge on any atom is 0.0692 e. The number of hydrogen-bond acceptors (Lipinski definition) is 2. The van der Waals surface area contributed by atoms with Crippen LogP contribution < -0.4 is 5.73 Å². The molecular weight excluding hydrogens is 162 g/mol. The van der Waals surface area contributed by atoms with Gasteiger partial charge in [0.15, 0.2) is 0 Å². The Balaban J connectivity index is 2.66. The van der Waals surface area contributed by atoms with Crippen molar-refractivity contribution >= 4 is 0 Å². The molecule has 1 rings (SSSR count). The van der Waals surface area contributed by atoms with E-state index in [0.717, 1.165) is 19.3 Å². The monoisotopic (exact) mass is 185 g/mol. The van der Waals surface area contributed by atoms with Crippen molar-refractivity contribution in [2.45, 2.75) is 52.6 Å². The molecule has 0 radical (unpaired) electrons. The predicted molar refractivity (Wildman–Crippen MR) is 55.4 cm³/mol. The predicted octanol–water partition coefficient (Wildman–Crippen LogP) is 1.91. The Morgan fingerprint density at radius 2 is 1.69 bits per heavy atom. The molecule has 2 nitrogen and oxygen atoms in total. The second kappa shape index (κ2) is 2.96. The number of rotatable bonds is 3. The second-order valence-electron chi connectivity index (χ2n) is 6.00. The fraction of sp³-hybridized carbons (Fsp3) is 1.00. The smallest absolute Gasteiger partial charge is 0.0692 e. The normalized spacial score (nSPS) is 25.4. The maximum absolute atomic E-state index is 10.4. The van der Waals surface area contributed by atoms with Crippen LogP contribution in [0.5, 0.6) is 0 Å². The van der Waals surface area contributed by atoms with Gasteiger partial charge in [-0.25, -0.2) is 0 Å². The zero-order valence-corrected chi connectivity index (χ0v) is 9.35. The van der Waals surface area contributed by atoms with Gasteiger partial charge in [0.05, 0.1) is 5.60 Å².